The van der Waals surface area contributed by atoms with E-state index in [1.54, 1.807) is 6.07 Å². The standard InChI is InChI=1S/C16H17ClN2O/c1-2-12-7-3-5-9-14(12)19-16(20)11-18-15-10-6-4-8-13(15)17/h3-10,18H,2,11H2,1H3,(H,19,20). The average molecular weight is 289 g/mol. The third kappa shape index (κ3) is 3.75. The SMILES string of the molecule is CCc1ccccc1NC(=O)CNc1ccccc1Cl. The fourth-order valence-electron chi connectivity index (χ4n) is 1.93. The van der Waals surface area contributed by atoms with Gasteiger partial charge in [-0.3, -0.25) is 4.79 Å². The Morgan fingerprint density at radius 3 is 2.40 bits per heavy atom. The minimum absolute atomic E-state index is 0.0918. The molecule has 3 nitrogen and oxygen atoms in total. The van der Waals surface area contributed by atoms with Crippen LogP contribution < -0.4 is 10.6 Å². The zero-order valence-electron chi connectivity index (χ0n) is 11.3. The van der Waals surface area contributed by atoms with E-state index >= 15 is 0 Å². The van der Waals surface area contributed by atoms with E-state index in [1.165, 1.54) is 0 Å². The van der Waals surface area contributed by atoms with Crippen LogP contribution in [0.4, 0.5) is 11.4 Å². The number of hydrogen-bond acceptors (Lipinski definition) is 2. The summed E-state index contributed by atoms with van der Waals surface area (Å²) in [6, 6.07) is 15.2. The van der Waals surface area contributed by atoms with Crippen molar-refractivity contribution in [2.24, 2.45) is 0 Å². The molecule has 0 aliphatic heterocycles. The van der Waals surface area contributed by atoms with Crippen LogP contribution in [-0.4, -0.2) is 12.5 Å². The van der Waals surface area contributed by atoms with Gasteiger partial charge >= 0.3 is 0 Å². The number of benzene rings is 2. The number of hydrogen-bond donors (Lipinski definition) is 2. The highest BCUT2D eigenvalue weighted by atomic mass is 35.5. The molecule has 0 aliphatic rings. The summed E-state index contributed by atoms with van der Waals surface area (Å²) >= 11 is 6.02. The van der Waals surface area contributed by atoms with Crippen molar-refractivity contribution in [1.82, 2.24) is 0 Å². The van der Waals surface area contributed by atoms with Gasteiger partial charge in [-0.2, -0.15) is 0 Å². The molecule has 2 aromatic carbocycles. The molecule has 0 radical (unpaired) electrons. The van der Waals surface area contributed by atoms with Gasteiger partial charge in [-0.1, -0.05) is 48.9 Å². The largest absolute Gasteiger partial charge is 0.375 e. The average Bonchev–Trinajstić information content (AvgIpc) is 2.47. The first kappa shape index (κ1) is 14.4. The Balaban J connectivity index is 1.95. The molecule has 4 heteroatoms. The predicted octanol–water partition coefficient (Wildman–Crippen LogP) is 3.95. The van der Waals surface area contributed by atoms with Crippen LogP contribution in [0.2, 0.25) is 5.02 Å². The summed E-state index contributed by atoms with van der Waals surface area (Å²) in [5.74, 6) is -0.0918. The Morgan fingerprint density at radius 1 is 1.05 bits per heavy atom. The van der Waals surface area contributed by atoms with Gasteiger partial charge in [0.2, 0.25) is 5.91 Å². The van der Waals surface area contributed by atoms with Gasteiger partial charge in [-0.15, -0.1) is 0 Å². The first-order chi connectivity index (χ1) is 9.70. The van der Waals surface area contributed by atoms with E-state index in [1.807, 2.05) is 42.5 Å². The van der Waals surface area contributed by atoms with E-state index in [4.69, 9.17) is 11.6 Å². The minimum atomic E-state index is -0.0918. The molecular formula is C16H17ClN2O. The second-order valence-corrected chi connectivity index (χ2v) is 4.80. The van der Waals surface area contributed by atoms with Crippen molar-refractivity contribution < 1.29 is 4.79 Å². The van der Waals surface area contributed by atoms with Crippen molar-refractivity contribution in [1.29, 1.82) is 0 Å². The molecule has 2 N–H and O–H groups in total. The molecular weight excluding hydrogens is 272 g/mol. The Labute approximate surface area is 124 Å². The summed E-state index contributed by atoms with van der Waals surface area (Å²) in [4.78, 5) is 11.9. The van der Waals surface area contributed by atoms with Crippen molar-refractivity contribution in [2.45, 2.75) is 13.3 Å². The van der Waals surface area contributed by atoms with Crippen molar-refractivity contribution in [3.8, 4) is 0 Å². The topological polar surface area (TPSA) is 41.1 Å². The molecule has 0 fully saturated rings. The Hall–Kier alpha value is -2.00. The smallest absolute Gasteiger partial charge is 0.243 e. The zero-order chi connectivity index (χ0) is 14.4. The van der Waals surface area contributed by atoms with Crippen LogP contribution in [0.25, 0.3) is 0 Å². The van der Waals surface area contributed by atoms with Crippen LogP contribution in [0, 0.1) is 0 Å². The summed E-state index contributed by atoms with van der Waals surface area (Å²) in [7, 11) is 0. The van der Waals surface area contributed by atoms with Crippen LogP contribution in [-0.2, 0) is 11.2 Å². The molecule has 0 saturated heterocycles. The maximum Gasteiger partial charge on any atom is 0.243 e. The molecule has 0 bridgehead atoms. The van der Waals surface area contributed by atoms with Crippen LogP contribution in [0.3, 0.4) is 0 Å². The van der Waals surface area contributed by atoms with E-state index < -0.39 is 0 Å². The predicted molar refractivity (Wildman–Crippen MR) is 84.4 cm³/mol. The fraction of sp³-hybridized carbons (Fsp3) is 0.188. The van der Waals surface area contributed by atoms with E-state index in [0.717, 1.165) is 23.4 Å². The number of rotatable bonds is 5. The number of anilines is 2. The van der Waals surface area contributed by atoms with Crippen molar-refractivity contribution in [2.75, 3.05) is 17.2 Å². The monoisotopic (exact) mass is 288 g/mol. The number of carbonyl (C=O) groups is 1. The van der Waals surface area contributed by atoms with Gasteiger partial charge < -0.3 is 10.6 Å². The summed E-state index contributed by atoms with van der Waals surface area (Å²) in [5.41, 5.74) is 2.74. The highest BCUT2D eigenvalue weighted by Gasteiger charge is 2.06. The number of para-hydroxylation sites is 2. The lowest BCUT2D eigenvalue weighted by molar-refractivity contribution is -0.114. The fourth-order valence-corrected chi connectivity index (χ4v) is 2.13. The van der Waals surface area contributed by atoms with Crippen molar-refractivity contribution in [3.63, 3.8) is 0 Å². The number of aryl methyl sites for hydroxylation is 1. The first-order valence-corrected chi connectivity index (χ1v) is 6.94. The summed E-state index contributed by atoms with van der Waals surface area (Å²) in [5, 5.41) is 6.54. The van der Waals surface area contributed by atoms with E-state index in [-0.39, 0.29) is 12.5 Å². The molecule has 0 aliphatic carbocycles. The molecule has 104 valence electrons. The third-order valence-corrected chi connectivity index (χ3v) is 3.32. The third-order valence-electron chi connectivity index (χ3n) is 2.99. The van der Waals surface area contributed by atoms with Crippen molar-refractivity contribution in [3.05, 3.63) is 59.1 Å². The number of halogens is 1. The van der Waals surface area contributed by atoms with Crippen LogP contribution in [0.5, 0.6) is 0 Å². The molecule has 0 unspecified atom stereocenters. The lowest BCUT2D eigenvalue weighted by atomic mass is 10.1. The van der Waals surface area contributed by atoms with Crippen molar-refractivity contribution >= 4 is 28.9 Å². The lowest BCUT2D eigenvalue weighted by Gasteiger charge is -2.11. The highest BCUT2D eigenvalue weighted by Crippen LogP contribution is 2.20. The van der Waals surface area contributed by atoms with Crippen LogP contribution >= 0.6 is 11.6 Å². The molecule has 0 aromatic heterocycles. The first-order valence-electron chi connectivity index (χ1n) is 6.57. The molecule has 20 heavy (non-hydrogen) atoms. The van der Waals surface area contributed by atoms with Gasteiger partial charge in [0.15, 0.2) is 0 Å². The van der Waals surface area contributed by atoms with Gasteiger partial charge in [-0.25, -0.2) is 0 Å². The van der Waals surface area contributed by atoms with Gasteiger partial charge in [0.05, 0.1) is 17.3 Å². The zero-order valence-corrected chi connectivity index (χ0v) is 12.1. The van der Waals surface area contributed by atoms with E-state index in [9.17, 15) is 4.79 Å². The molecule has 0 spiro atoms. The maximum atomic E-state index is 11.9. The maximum absolute atomic E-state index is 11.9. The normalized spacial score (nSPS) is 10.1. The Morgan fingerprint density at radius 2 is 1.70 bits per heavy atom. The van der Waals surface area contributed by atoms with E-state index in [2.05, 4.69) is 17.6 Å². The Kier molecular flexibility index (Phi) is 5.02. The molecule has 2 aromatic rings. The second-order valence-electron chi connectivity index (χ2n) is 4.39. The minimum Gasteiger partial charge on any atom is -0.375 e. The van der Waals surface area contributed by atoms with Gasteiger partial charge in [-0.05, 0) is 30.2 Å². The quantitative estimate of drug-likeness (QED) is 0.874. The molecule has 1 amide bonds. The van der Waals surface area contributed by atoms with Gasteiger partial charge in [0.25, 0.3) is 0 Å². The number of amides is 1. The van der Waals surface area contributed by atoms with Gasteiger partial charge in [0.1, 0.15) is 0 Å². The molecule has 0 heterocycles. The van der Waals surface area contributed by atoms with Gasteiger partial charge in [0, 0.05) is 5.69 Å². The summed E-state index contributed by atoms with van der Waals surface area (Å²) in [6.45, 7) is 2.24. The Bertz CT molecular complexity index is 599. The van der Waals surface area contributed by atoms with Crippen LogP contribution in [0.1, 0.15) is 12.5 Å². The van der Waals surface area contributed by atoms with E-state index in [0.29, 0.717) is 5.02 Å². The molecule has 0 atom stereocenters. The molecule has 2 rings (SSSR count). The number of nitrogens with one attached hydrogen (secondary N) is 2. The van der Waals surface area contributed by atoms with Crippen LogP contribution in [0.15, 0.2) is 48.5 Å². The highest BCUT2D eigenvalue weighted by molar-refractivity contribution is 6.33. The summed E-state index contributed by atoms with van der Waals surface area (Å²) < 4.78 is 0. The molecule has 0 saturated carbocycles. The summed E-state index contributed by atoms with van der Waals surface area (Å²) in [6.07, 6.45) is 0.883. The second kappa shape index (κ2) is 6.96. The lowest BCUT2D eigenvalue weighted by Crippen LogP contribution is -2.22. The number of carbonyl (C=O) groups excluding carboxylic acids is 1.